The highest BCUT2D eigenvalue weighted by molar-refractivity contribution is 7.47. The number of phosphoric ester groups is 1. The molecule has 0 aromatic carbocycles. The van der Waals surface area contributed by atoms with Gasteiger partial charge in [0.2, 0.25) is 5.95 Å². The summed E-state index contributed by atoms with van der Waals surface area (Å²) in [5, 5.41) is 22.1. The number of nitrogens with one attached hydrogen (secondary N) is 1. The van der Waals surface area contributed by atoms with E-state index in [1.54, 1.807) is 16.8 Å². The van der Waals surface area contributed by atoms with E-state index in [-0.39, 0.29) is 29.4 Å². The van der Waals surface area contributed by atoms with Crippen LogP contribution < -0.4 is 17.0 Å². The maximum absolute atomic E-state index is 13.1. The summed E-state index contributed by atoms with van der Waals surface area (Å²) in [5.74, 6) is -0.0125. The number of aromatic nitrogens is 7. The molecule has 0 aliphatic carbocycles. The first-order chi connectivity index (χ1) is 20.9. The number of phosphoric acid groups is 1. The molecule has 4 aromatic rings. The van der Waals surface area contributed by atoms with E-state index in [0.717, 1.165) is 10.9 Å². The molecule has 9 atom stereocenters. The van der Waals surface area contributed by atoms with Crippen molar-refractivity contribution in [1.82, 2.24) is 34.1 Å². The number of ether oxygens (including phenoxy) is 2. The van der Waals surface area contributed by atoms with Crippen molar-refractivity contribution in [3.63, 3.8) is 0 Å². The molecule has 236 valence electrons. The van der Waals surface area contributed by atoms with Crippen LogP contribution in [0.5, 0.6) is 0 Å². The van der Waals surface area contributed by atoms with Gasteiger partial charge in [0.05, 0.1) is 24.4 Å². The minimum atomic E-state index is -5.04. The molecular formula is C21H26N9O12P2+. The molecule has 44 heavy (non-hydrogen) atoms. The highest BCUT2D eigenvalue weighted by atomic mass is 31.2. The molecule has 6 heterocycles. The summed E-state index contributed by atoms with van der Waals surface area (Å²) in [6.07, 6.45) is -4.98. The van der Waals surface area contributed by atoms with Gasteiger partial charge in [-0.1, -0.05) is 0 Å². The number of hydrogen-bond acceptors (Lipinski definition) is 16. The van der Waals surface area contributed by atoms with E-state index in [4.69, 9.17) is 34.9 Å². The van der Waals surface area contributed by atoms with Crippen molar-refractivity contribution in [2.75, 3.05) is 24.7 Å². The number of hydrogen-bond donors (Lipinski definition) is 7. The molecule has 4 aromatic heterocycles. The lowest BCUT2D eigenvalue weighted by Gasteiger charge is -2.25. The quantitative estimate of drug-likeness (QED) is 0.0984. The zero-order chi connectivity index (χ0) is 31.3. The molecule has 0 bridgehead atoms. The zero-order valence-corrected chi connectivity index (χ0v) is 24.0. The van der Waals surface area contributed by atoms with Crippen LogP contribution in [0.1, 0.15) is 18.9 Å². The number of nitrogens with zero attached hydrogens (tertiary/aromatic N) is 6. The third-order valence-corrected chi connectivity index (χ3v) is 8.45. The highest BCUT2D eigenvalue weighted by Gasteiger charge is 2.51. The summed E-state index contributed by atoms with van der Waals surface area (Å²) in [4.78, 5) is 50.3. The summed E-state index contributed by atoms with van der Waals surface area (Å²) in [5.41, 5.74) is 11.0. The van der Waals surface area contributed by atoms with Crippen molar-refractivity contribution < 1.29 is 52.2 Å². The van der Waals surface area contributed by atoms with Crippen LogP contribution in [0.4, 0.5) is 11.8 Å². The SMILES string of the molecule is Nc1nc2c(ncn2[C@@H]2O[C@H](CO[P+](=O)O)C(O)C2OP(=O)(O)OC[C@H]2O[C@@H](n3ccc4c(N)ncnc43)CC2O)c(=O)[nH]1. The van der Waals surface area contributed by atoms with Crippen LogP contribution in [0.3, 0.4) is 0 Å². The third-order valence-electron chi connectivity index (χ3n) is 7.10. The van der Waals surface area contributed by atoms with Crippen molar-refractivity contribution in [3.8, 4) is 0 Å². The third kappa shape index (κ3) is 5.83. The van der Waals surface area contributed by atoms with Gasteiger partial charge in [0.25, 0.3) is 5.56 Å². The van der Waals surface area contributed by atoms with Crippen LogP contribution in [0, 0.1) is 0 Å². The van der Waals surface area contributed by atoms with Crippen molar-refractivity contribution >= 4 is 50.0 Å². The largest absolute Gasteiger partial charge is 0.694 e. The van der Waals surface area contributed by atoms with Gasteiger partial charge < -0.3 is 40.6 Å². The lowest BCUT2D eigenvalue weighted by molar-refractivity contribution is -0.0581. The van der Waals surface area contributed by atoms with E-state index in [9.17, 15) is 29.0 Å². The van der Waals surface area contributed by atoms with Crippen molar-refractivity contribution in [2.45, 2.75) is 49.4 Å². The number of H-pyrrole nitrogens is 1. The number of anilines is 2. The van der Waals surface area contributed by atoms with Crippen LogP contribution in [0.15, 0.2) is 29.7 Å². The van der Waals surface area contributed by atoms with Crippen molar-refractivity contribution in [2.24, 2.45) is 0 Å². The van der Waals surface area contributed by atoms with Gasteiger partial charge in [-0.25, -0.2) is 19.5 Å². The first-order valence-corrected chi connectivity index (χ1v) is 15.5. The van der Waals surface area contributed by atoms with Crippen LogP contribution in [0.2, 0.25) is 0 Å². The van der Waals surface area contributed by atoms with Gasteiger partial charge in [0, 0.05) is 17.2 Å². The molecule has 0 radical (unpaired) electrons. The molecule has 23 heteroatoms. The molecule has 21 nitrogen and oxygen atoms in total. The Bertz CT molecular complexity index is 1820. The zero-order valence-electron chi connectivity index (χ0n) is 22.3. The van der Waals surface area contributed by atoms with Crippen molar-refractivity contribution in [3.05, 3.63) is 35.3 Å². The number of nitrogen functional groups attached to an aromatic ring is 2. The minimum absolute atomic E-state index is 0.0906. The Hall–Kier alpha value is -3.46. The topological polar surface area (TPSA) is 308 Å². The second-order valence-electron chi connectivity index (χ2n) is 9.85. The second kappa shape index (κ2) is 11.8. The summed E-state index contributed by atoms with van der Waals surface area (Å²) >= 11 is 0. The Morgan fingerprint density at radius 1 is 1.14 bits per heavy atom. The molecule has 0 amide bonds. The maximum Gasteiger partial charge on any atom is 0.694 e. The van der Waals surface area contributed by atoms with Gasteiger partial charge in [0.1, 0.15) is 55.0 Å². The van der Waals surface area contributed by atoms with Gasteiger partial charge in [-0.2, -0.15) is 4.98 Å². The predicted octanol–water partition coefficient (Wildman–Crippen LogP) is -1.20. The van der Waals surface area contributed by atoms with E-state index < -0.39 is 77.8 Å². The monoisotopic (exact) mass is 658 g/mol. The van der Waals surface area contributed by atoms with Crippen LogP contribution >= 0.6 is 16.1 Å². The van der Waals surface area contributed by atoms with Gasteiger partial charge >= 0.3 is 16.1 Å². The van der Waals surface area contributed by atoms with Gasteiger partial charge in [-0.05, 0) is 6.07 Å². The number of aliphatic hydroxyl groups is 2. The number of fused-ring (bicyclic) bond motifs is 2. The number of aliphatic hydroxyl groups excluding tert-OH is 2. The fourth-order valence-corrected chi connectivity index (χ4v) is 6.28. The first-order valence-electron chi connectivity index (χ1n) is 12.8. The van der Waals surface area contributed by atoms with Gasteiger partial charge in [-0.15, -0.1) is 9.42 Å². The minimum Gasteiger partial charge on any atom is -0.390 e. The Morgan fingerprint density at radius 3 is 2.70 bits per heavy atom. The first kappa shape index (κ1) is 30.6. The number of aromatic amines is 1. The molecule has 2 aliphatic heterocycles. The predicted molar refractivity (Wildman–Crippen MR) is 145 cm³/mol. The fourth-order valence-electron chi connectivity index (χ4n) is 5.07. The average Bonchev–Trinajstić information content (AvgIpc) is 3.72. The maximum atomic E-state index is 13.1. The van der Waals surface area contributed by atoms with E-state index in [1.165, 1.54) is 6.33 Å². The second-order valence-corrected chi connectivity index (χ2v) is 12.0. The highest BCUT2D eigenvalue weighted by Crippen LogP contribution is 2.50. The molecular weight excluding hydrogens is 632 g/mol. The van der Waals surface area contributed by atoms with Crippen LogP contribution in [-0.4, -0.2) is 97.8 Å². The van der Waals surface area contributed by atoms with Gasteiger partial charge in [0.15, 0.2) is 17.4 Å². The summed E-state index contributed by atoms with van der Waals surface area (Å²) in [6, 6.07) is 1.69. The number of imidazole rings is 1. The molecule has 6 rings (SSSR count). The Morgan fingerprint density at radius 2 is 1.93 bits per heavy atom. The molecule has 2 saturated heterocycles. The summed E-state index contributed by atoms with van der Waals surface area (Å²) in [6.45, 7) is -1.22. The van der Waals surface area contributed by atoms with E-state index >= 15 is 0 Å². The number of rotatable bonds is 10. The molecule has 0 spiro atoms. The summed E-state index contributed by atoms with van der Waals surface area (Å²) < 4.78 is 53.6. The molecule has 0 saturated carbocycles. The normalized spacial score (nSPS) is 29.0. The Kier molecular flexibility index (Phi) is 8.20. The van der Waals surface area contributed by atoms with Crippen molar-refractivity contribution in [1.29, 1.82) is 0 Å². The number of nitrogens with two attached hydrogens (primary N) is 2. The van der Waals surface area contributed by atoms with E-state index in [2.05, 4.69) is 29.4 Å². The lowest BCUT2D eigenvalue weighted by Crippen LogP contribution is -2.35. The fraction of sp³-hybridized carbons (Fsp3) is 0.476. The molecule has 2 fully saturated rings. The summed E-state index contributed by atoms with van der Waals surface area (Å²) in [7, 11) is -8.11. The smallest absolute Gasteiger partial charge is 0.390 e. The molecule has 9 N–H and O–H groups in total. The van der Waals surface area contributed by atoms with Gasteiger partial charge in [-0.3, -0.25) is 23.4 Å². The van der Waals surface area contributed by atoms with Crippen LogP contribution in [-0.2, 0) is 32.2 Å². The lowest BCUT2D eigenvalue weighted by atomic mass is 10.1. The Labute approximate surface area is 245 Å². The average molecular weight is 658 g/mol. The molecule has 5 unspecified atom stereocenters. The van der Waals surface area contributed by atoms with Crippen LogP contribution in [0.25, 0.3) is 22.2 Å². The van der Waals surface area contributed by atoms with E-state index in [1.807, 2.05) is 0 Å². The standard InChI is InChI=1S/C21H25N9O12P2/c22-16-8-1-2-29(17(8)25-6-24-16)12-3-9(31)10(40-12)5-39-44(36,37)42-15-14(32)11(4-38-43(34)35)41-20(15)30-7-26-13-18(30)27-21(23)28-19(13)33/h1-2,6-7,9-12,14-15,20,31-32H,3-5H2,(H6-,22,23,24,25,27,28,33,34,35,36,37)/p+1/t9?,10-,11-,12-,14?,15?,20-/m1/s1. The molecule has 2 aliphatic rings. The van der Waals surface area contributed by atoms with E-state index in [0.29, 0.717) is 11.0 Å². The Balaban J connectivity index is 1.18.